The largest absolute Gasteiger partial charge is 0.480 e. The first-order valence-corrected chi connectivity index (χ1v) is 5.89. The lowest BCUT2D eigenvalue weighted by Gasteiger charge is -2.11. The fourth-order valence-corrected chi connectivity index (χ4v) is 2.18. The zero-order chi connectivity index (χ0) is 13.9. The molecule has 0 radical (unpaired) electrons. The fraction of sp³-hybridized carbons (Fsp3) is 0.400. The van der Waals surface area contributed by atoms with Crippen molar-refractivity contribution >= 4 is 29.1 Å². The van der Waals surface area contributed by atoms with E-state index in [1.54, 1.807) is 13.8 Å². The first-order chi connectivity index (χ1) is 8.31. The molecular formula is C10H13N3O4S. The van der Waals surface area contributed by atoms with Crippen molar-refractivity contribution in [2.75, 3.05) is 0 Å². The summed E-state index contributed by atoms with van der Waals surface area (Å²) < 4.78 is 0. The van der Waals surface area contributed by atoms with Crippen molar-refractivity contribution < 1.29 is 19.5 Å². The van der Waals surface area contributed by atoms with Crippen LogP contribution >= 0.6 is 11.3 Å². The summed E-state index contributed by atoms with van der Waals surface area (Å²) in [5, 5.41) is 11.8. The van der Waals surface area contributed by atoms with Crippen molar-refractivity contribution in [1.29, 1.82) is 0 Å². The van der Waals surface area contributed by atoms with Crippen LogP contribution in [-0.2, 0) is 9.59 Å². The summed E-state index contributed by atoms with van der Waals surface area (Å²) in [6.45, 7) is 3.45. The van der Waals surface area contributed by atoms with E-state index in [1.165, 1.54) is 11.3 Å². The average Bonchev–Trinajstić information content (AvgIpc) is 2.56. The number of aliphatic carboxylic acids is 1. The van der Waals surface area contributed by atoms with Gasteiger partial charge in [0.05, 0.1) is 11.4 Å². The van der Waals surface area contributed by atoms with Gasteiger partial charge in [0.25, 0.3) is 5.91 Å². The number of aryl methyl sites for hydroxylation is 2. The normalized spacial score (nSPS) is 11.9. The highest BCUT2D eigenvalue weighted by atomic mass is 32.1. The van der Waals surface area contributed by atoms with Gasteiger partial charge in [-0.1, -0.05) is 0 Å². The molecule has 0 aliphatic rings. The van der Waals surface area contributed by atoms with E-state index in [2.05, 4.69) is 10.3 Å². The molecule has 0 aliphatic heterocycles. The zero-order valence-electron chi connectivity index (χ0n) is 9.89. The number of hydrogen-bond acceptors (Lipinski definition) is 5. The summed E-state index contributed by atoms with van der Waals surface area (Å²) in [5.74, 6) is -2.73. The number of aromatic nitrogens is 1. The molecule has 2 amide bonds. The Labute approximate surface area is 107 Å². The summed E-state index contributed by atoms with van der Waals surface area (Å²) in [6, 6.07) is -1.34. The van der Waals surface area contributed by atoms with E-state index in [4.69, 9.17) is 10.8 Å². The van der Waals surface area contributed by atoms with E-state index in [1.807, 2.05) is 0 Å². The molecule has 18 heavy (non-hydrogen) atoms. The molecule has 0 saturated carbocycles. The monoisotopic (exact) mass is 271 g/mol. The topological polar surface area (TPSA) is 122 Å². The third kappa shape index (κ3) is 3.52. The van der Waals surface area contributed by atoms with Gasteiger partial charge in [-0.25, -0.2) is 9.78 Å². The molecule has 98 valence electrons. The molecule has 4 N–H and O–H groups in total. The highest BCUT2D eigenvalue weighted by Crippen LogP contribution is 2.16. The van der Waals surface area contributed by atoms with Gasteiger partial charge in [0.15, 0.2) is 0 Å². The lowest BCUT2D eigenvalue weighted by atomic mass is 10.2. The van der Waals surface area contributed by atoms with Crippen LogP contribution in [0.15, 0.2) is 0 Å². The standard InChI is InChI=1S/C10H13N3O4S/c1-4-8(12-5(2)18-4)9(15)13-6(10(16)17)3-7(11)14/h6H,3H2,1-2H3,(H2,11,14)(H,13,15)(H,16,17). The van der Waals surface area contributed by atoms with Gasteiger partial charge >= 0.3 is 5.97 Å². The number of rotatable bonds is 5. The Morgan fingerprint density at radius 3 is 2.44 bits per heavy atom. The molecule has 1 rings (SSSR count). The molecule has 1 aromatic heterocycles. The van der Waals surface area contributed by atoms with Gasteiger partial charge < -0.3 is 16.2 Å². The average molecular weight is 271 g/mol. The van der Waals surface area contributed by atoms with Gasteiger partial charge in [0, 0.05) is 4.88 Å². The SMILES string of the molecule is Cc1nc(C(=O)NC(CC(N)=O)C(=O)O)c(C)s1. The van der Waals surface area contributed by atoms with Crippen LogP contribution in [0.25, 0.3) is 0 Å². The van der Waals surface area contributed by atoms with Crippen molar-refractivity contribution in [3.63, 3.8) is 0 Å². The lowest BCUT2D eigenvalue weighted by molar-refractivity contribution is -0.140. The molecule has 8 heteroatoms. The van der Waals surface area contributed by atoms with Crippen molar-refractivity contribution in [2.45, 2.75) is 26.3 Å². The molecule has 0 aliphatic carbocycles. The number of hydrogen-bond donors (Lipinski definition) is 3. The summed E-state index contributed by atoms with van der Waals surface area (Å²) in [7, 11) is 0. The van der Waals surface area contributed by atoms with Gasteiger partial charge in [0.1, 0.15) is 11.7 Å². The highest BCUT2D eigenvalue weighted by Gasteiger charge is 2.24. The van der Waals surface area contributed by atoms with Gasteiger partial charge in [-0.2, -0.15) is 0 Å². The van der Waals surface area contributed by atoms with Crippen LogP contribution in [0.5, 0.6) is 0 Å². The molecule has 0 bridgehead atoms. The molecule has 0 spiro atoms. The molecule has 1 unspecified atom stereocenters. The number of nitrogens with two attached hydrogens (primary N) is 1. The first-order valence-electron chi connectivity index (χ1n) is 5.07. The van der Waals surface area contributed by atoms with E-state index in [0.29, 0.717) is 9.88 Å². The number of primary amides is 1. The van der Waals surface area contributed by atoms with Crippen molar-refractivity contribution in [3.8, 4) is 0 Å². The van der Waals surface area contributed by atoms with Crippen LogP contribution in [0, 0.1) is 13.8 Å². The maximum atomic E-state index is 11.8. The number of carbonyl (C=O) groups excluding carboxylic acids is 2. The second-order valence-corrected chi connectivity index (χ2v) is 5.08. The van der Waals surface area contributed by atoms with Gasteiger partial charge in [-0.05, 0) is 13.8 Å². The Morgan fingerprint density at radius 2 is 2.06 bits per heavy atom. The van der Waals surface area contributed by atoms with Crippen LogP contribution < -0.4 is 11.1 Å². The maximum absolute atomic E-state index is 11.8. The van der Waals surface area contributed by atoms with Crippen LogP contribution in [-0.4, -0.2) is 33.9 Å². The van der Waals surface area contributed by atoms with Crippen LogP contribution in [0.3, 0.4) is 0 Å². The lowest BCUT2D eigenvalue weighted by Crippen LogP contribution is -2.43. The van der Waals surface area contributed by atoms with E-state index < -0.39 is 30.2 Å². The molecule has 1 heterocycles. The Morgan fingerprint density at radius 1 is 1.44 bits per heavy atom. The number of carbonyl (C=O) groups is 3. The van der Waals surface area contributed by atoms with Crippen LogP contribution in [0.2, 0.25) is 0 Å². The Bertz CT molecular complexity index is 497. The molecule has 7 nitrogen and oxygen atoms in total. The molecule has 0 aromatic carbocycles. The molecule has 1 atom stereocenters. The predicted octanol–water partition coefficient (Wildman–Crippen LogP) is -0.182. The minimum Gasteiger partial charge on any atom is -0.480 e. The molecule has 0 saturated heterocycles. The summed E-state index contributed by atoms with van der Waals surface area (Å²) in [4.78, 5) is 38.0. The second-order valence-electron chi connectivity index (χ2n) is 3.67. The van der Waals surface area contributed by atoms with Crippen molar-refractivity contribution in [1.82, 2.24) is 10.3 Å². The zero-order valence-corrected chi connectivity index (χ0v) is 10.7. The fourth-order valence-electron chi connectivity index (χ4n) is 1.37. The smallest absolute Gasteiger partial charge is 0.326 e. The van der Waals surface area contributed by atoms with Gasteiger partial charge in [-0.15, -0.1) is 11.3 Å². The van der Waals surface area contributed by atoms with E-state index in [-0.39, 0.29) is 5.69 Å². The minimum atomic E-state index is -1.34. The summed E-state index contributed by atoms with van der Waals surface area (Å²) in [6.07, 6.45) is -0.455. The number of nitrogens with one attached hydrogen (secondary N) is 1. The number of carboxylic acids is 1. The van der Waals surface area contributed by atoms with Crippen LogP contribution in [0.1, 0.15) is 26.8 Å². The number of thiazole rings is 1. The van der Waals surface area contributed by atoms with Crippen molar-refractivity contribution in [3.05, 3.63) is 15.6 Å². The molecular weight excluding hydrogens is 258 g/mol. The maximum Gasteiger partial charge on any atom is 0.326 e. The summed E-state index contributed by atoms with van der Waals surface area (Å²) in [5.41, 5.74) is 5.09. The van der Waals surface area contributed by atoms with E-state index in [9.17, 15) is 14.4 Å². The quantitative estimate of drug-likeness (QED) is 0.685. The number of nitrogens with zero attached hydrogens (tertiary/aromatic N) is 1. The Balaban J connectivity index is 2.81. The second kappa shape index (κ2) is 5.58. The van der Waals surface area contributed by atoms with E-state index >= 15 is 0 Å². The van der Waals surface area contributed by atoms with Crippen LogP contribution in [0.4, 0.5) is 0 Å². The summed E-state index contributed by atoms with van der Waals surface area (Å²) >= 11 is 1.34. The third-order valence-electron chi connectivity index (χ3n) is 2.13. The first kappa shape index (κ1) is 14.1. The van der Waals surface area contributed by atoms with E-state index in [0.717, 1.165) is 0 Å². The molecule has 0 fully saturated rings. The predicted molar refractivity (Wildman–Crippen MR) is 64.3 cm³/mol. The number of amides is 2. The minimum absolute atomic E-state index is 0.174. The third-order valence-corrected chi connectivity index (χ3v) is 3.01. The number of carboxylic acid groups (broad SMARTS) is 1. The Hall–Kier alpha value is -1.96. The highest BCUT2D eigenvalue weighted by molar-refractivity contribution is 7.11. The van der Waals surface area contributed by atoms with Gasteiger partial charge in [-0.3, -0.25) is 9.59 Å². The van der Waals surface area contributed by atoms with Gasteiger partial charge in [0.2, 0.25) is 5.91 Å². The molecule has 1 aromatic rings. The van der Waals surface area contributed by atoms with Crippen molar-refractivity contribution in [2.24, 2.45) is 5.73 Å². The Kier molecular flexibility index (Phi) is 4.38.